The van der Waals surface area contributed by atoms with Gasteiger partial charge in [0, 0.05) is 23.5 Å². The van der Waals surface area contributed by atoms with Gasteiger partial charge in [-0.05, 0) is 13.0 Å². The van der Waals surface area contributed by atoms with Crippen LogP contribution in [0.4, 0.5) is 5.95 Å². The molecule has 1 N–H and O–H groups in total. The van der Waals surface area contributed by atoms with E-state index in [2.05, 4.69) is 20.3 Å². The van der Waals surface area contributed by atoms with E-state index in [0.29, 0.717) is 11.7 Å². The first kappa shape index (κ1) is 12.0. The van der Waals surface area contributed by atoms with Crippen molar-refractivity contribution in [3.63, 3.8) is 0 Å². The van der Waals surface area contributed by atoms with Crippen molar-refractivity contribution < 1.29 is 4.79 Å². The molecule has 5 nitrogen and oxygen atoms in total. The van der Waals surface area contributed by atoms with Crippen LogP contribution in [0.15, 0.2) is 28.2 Å². The summed E-state index contributed by atoms with van der Waals surface area (Å²) in [6.07, 6.45) is 3.17. The highest BCUT2D eigenvalue weighted by molar-refractivity contribution is 8.01. The first-order chi connectivity index (χ1) is 8.24. The van der Waals surface area contributed by atoms with Crippen LogP contribution in [0.1, 0.15) is 5.69 Å². The first-order valence-electron chi connectivity index (χ1n) is 4.86. The Kier molecular flexibility index (Phi) is 4.05. The second-order valence-corrected chi connectivity index (χ2v) is 5.24. The van der Waals surface area contributed by atoms with Gasteiger partial charge < -0.3 is 0 Å². The average Bonchev–Trinajstić information content (AvgIpc) is 2.74. The van der Waals surface area contributed by atoms with Gasteiger partial charge in [-0.25, -0.2) is 15.0 Å². The molecule has 0 aliphatic heterocycles. The number of aryl methyl sites for hydroxylation is 1. The highest BCUT2D eigenvalue weighted by atomic mass is 32.2. The lowest BCUT2D eigenvalue weighted by molar-refractivity contribution is -0.113. The number of carbonyl (C=O) groups is 1. The lowest BCUT2D eigenvalue weighted by atomic mass is 10.6. The van der Waals surface area contributed by atoms with E-state index in [9.17, 15) is 4.79 Å². The number of amides is 1. The van der Waals surface area contributed by atoms with Gasteiger partial charge in [0.25, 0.3) is 0 Å². The molecule has 0 fully saturated rings. The van der Waals surface area contributed by atoms with Crippen molar-refractivity contribution in [3.8, 4) is 0 Å². The standard InChI is InChI=1S/C10H10N4OS2/c1-7-5-16-10(13-7)17-6-8(15)14-9-11-3-2-4-12-9/h2-5H,6H2,1H3,(H,11,12,14,15). The number of nitrogens with one attached hydrogen (secondary N) is 1. The summed E-state index contributed by atoms with van der Waals surface area (Å²) in [5.41, 5.74) is 0.976. The van der Waals surface area contributed by atoms with Crippen molar-refractivity contribution in [1.29, 1.82) is 0 Å². The van der Waals surface area contributed by atoms with E-state index >= 15 is 0 Å². The van der Waals surface area contributed by atoms with Gasteiger partial charge in [0.2, 0.25) is 11.9 Å². The second kappa shape index (κ2) is 5.74. The minimum atomic E-state index is -0.131. The van der Waals surface area contributed by atoms with Crippen LogP contribution >= 0.6 is 23.1 Å². The highest BCUT2D eigenvalue weighted by Gasteiger charge is 2.06. The number of thiazole rings is 1. The van der Waals surface area contributed by atoms with Crippen molar-refractivity contribution in [3.05, 3.63) is 29.5 Å². The fourth-order valence-electron chi connectivity index (χ4n) is 1.05. The predicted molar refractivity (Wildman–Crippen MR) is 68.2 cm³/mol. The van der Waals surface area contributed by atoms with Crippen molar-refractivity contribution in [2.45, 2.75) is 11.3 Å². The van der Waals surface area contributed by atoms with Crippen LogP contribution in [0.25, 0.3) is 0 Å². The van der Waals surface area contributed by atoms with Gasteiger partial charge >= 0.3 is 0 Å². The quantitative estimate of drug-likeness (QED) is 0.857. The zero-order valence-corrected chi connectivity index (χ0v) is 10.7. The molecule has 2 aromatic heterocycles. The number of rotatable bonds is 4. The molecule has 0 saturated heterocycles. The van der Waals surface area contributed by atoms with Crippen LogP contribution in [0.5, 0.6) is 0 Å². The fraction of sp³-hybridized carbons (Fsp3) is 0.200. The molecule has 0 unspecified atom stereocenters. The van der Waals surface area contributed by atoms with E-state index in [1.807, 2.05) is 12.3 Å². The third-order valence-electron chi connectivity index (χ3n) is 1.74. The fourth-order valence-corrected chi connectivity index (χ4v) is 2.70. The third kappa shape index (κ3) is 3.79. The van der Waals surface area contributed by atoms with Gasteiger partial charge in [0.15, 0.2) is 4.34 Å². The van der Waals surface area contributed by atoms with Crippen molar-refractivity contribution in [1.82, 2.24) is 15.0 Å². The Morgan fingerprint density at radius 2 is 2.24 bits per heavy atom. The Morgan fingerprint density at radius 1 is 1.47 bits per heavy atom. The number of nitrogens with zero attached hydrogens (tertiary/aromatic N) is 3. The maximum atomic E-state index is 11.6. The minimum Gasteiger partial charge on any atom is -0.294 e. The monoisotopic (exact) mass is 266 g/mol. The summed E-state index contributed by atoms with van der Waals surface area (Å²) in [4.78, 5) is 23.6. The molecule has 0 saturated carbocycles. The molecule has 2 aromatic rings. The molecule has 7 heteroatoms. The Morgan fingerprint density at radius 3 is 2.88 bits per heavy atom. The Hall–Kier alpha value is -1.47. The normalized spacial score (nSPS) is 10.2. The molecule has 0 aromatic carbocycles. The van der Waals surface area contributed by atoms with Crippen LogP contribution in [0, 0.1) is 6.92 Å². The smallest absolute Gasteiger partial charge is 0.237 e. The number of aromatic nitrogens is 3. The molecular formula is C10H10N4OS2. The van der Waals surface area contributed by atoms with E-state index in [1.54, 1.807) is 18.5 Å². The Balaban J connectivity index is 1.82. The Bertz CT molecular complexity index is 500. The van der Waals surface area contributed by atoms with Gasteiger partial charge in [-0.15, -0.1) is 11.3 Å². The maximum absolute atomic E-state index is 11.6. The van der Waals surface area contributed by atoms with Gasteiger partial charge in [0.05, 0.1) is 5.75 Å². The average molecular weight is 266 g/mol. The molecule has 2 heterocycles. The van der Waals surface area contributed by atoms with Crippen molar-refractivity contribution >= 4 is 35.0 Å². The molecule has 0 bridgehead atoms. The van der Waals surface area contributed by atoms with Crippen LogP contribution in [-0.2, 0) is 4.79 Å². The molecule has 17 heavy (non-hydrogen) atoms. The predicted octanol–water partition coefficient (Wildman–Crippen LogP) is 1.97. The summed E-state index contributed by atoms with van der Waals surface area (Å²) in [5, 5.41) is 4.57. The van der Waals surface area contributed by atoms with Crippen LogP contribution in [0.2, 0.25) is 0 Å². The zero-order chi connectivity index (χ0) is 12.1. The molecular weight excluding hydrogens is 256 g/mol. The van der Waals surface area contributed by atoms with Crippen molar-refractivity contribution in [2.24, 2.45) is 0 Å². The maximum Gasteiger partial charge on any atom is 0.237 e. The summed E-state index contributed by atoms with van der Waals surface area (Å²) in [5.74, 6) is 0.507. The first-order valence-corrected chi connectivity index (χ1v) is 6.72. The van der Waals surface area contributed by atoms with Gasteiger partial charge in [-0.1, -0.05) is 11.8 Å². The van der Waals surface area contributed by atoms with Crippen LogP contribution in [0.3, 0.4) is 0 Å². The molecule has 88 valence electrons. The molecule has 0 aliphatic carbocycles. The molecule has 0 atom stereocenters. The number of hydrogen-bond donors (Lipinski definition) is 1. The number of anilines is 1. The molecule has 0 aliphatic rings. The number of carbonyl (C=O) groups excluding carboxylic acids is 1. The topological polar surface area (TPSA) is 67.8 Å². The van der Waals surface area contributed by atoms with E-state index in [4.69, 9.17) is 0 Å². The summed E-state index contributed by atoms with van der Waals surface area (Å²) in [7, 11) is 0. The van der Waals surface area contributed by atoms with Gasteiger partial charge in [-0.2, -0.15) is 0 Å². The minimum absolute atomic E-state index is 0.131. The second-order valence-electron chi connectivity index (χ2n) is 3.16. The number of hydrogen-bond acceptors (Lipinski definition) is 6. The van der Waals surface area contributed by atoms with E-state index in [1.165, 1.54) is 23.1 Å². The van der Waals surface area contributed by atoms with Gasteiger partial charge in [-0.3, -0.25) is 10.1 Å². The van der Waals surface area contributed by atoms with E-state index in [0.717, 1.165) is 10.0 Å². The zero-order valence-electron chi connectivity index (χ0n) is 9.08. The van der Waals surface area contributed by atoms with E-state index < -0.39 is 0 Å². The summed E-state index contributed by atoms with van der Waals surface area (Å²) in [6, 6.07) is 1.70. The molecule has 2 rings (SSSR count). The molecule has 1 amide bonds. The largest absolute Gasteiger partial charge is 0.294 e. The lowest BCUT2D eigenvalue weighted by Gasteiger charge is -2.00. The summed E-state index contributed by atoms with van der Waals surface area (Å²) >= 11 is 2.95. The summed E-state index contributed by atoms with van der Waals surface area (Å²) < 4.78 is 0.895. The molecule has 0 spiro atoms. The highest BCUT2D eigenvalue weighted by Crippen LogP contribution is 2.22. The van der Waals surface area contributed by atoms with E-state index in [-0.39, 0.29) is 5.91 Å². The summed E-state index contributed by atoms with van der Waals surface area (Å²) in [6.45, 7) is 1.93. The van der Waals surface area contributed by atoms with Crippen LogP contribution in [-0.4, -0.2) is 26.6 Å². The van der Waals surface area contributed by atoms with Crippen LogP contribution < -0.4 is 5.32 Å². The molecule has 0 radical (unpaired) electrons. The van der Waals surface area contributed by atoms with Gasteiger partial charge in [0.1, 0.15) is 0 Å². The third-order valence-corrected chi connectivity index (χ3v) is 3.88. The SMILES string of the molecule is Cc1csc(SCC(=O)Nc2ncccn2)n1. The number of thioether (sulfide) groups is 1. The Labute approximate surface area is 107 Å². The van der Waals surface area contributed by atoms with Crippen molar-refractivity contribution in [2.75, 3.05) is 11.1 Å². The lowest BCUT2D eigenvalue weighted by Crippen LogP contribution is -2.15.